The Balaban J connectivity index is 1.54. The van der Waals surface area contributed by atoms with Crippen molar-refractivity contribution >= 4 is 44.9 Å². The van der Waals surface area contributed by atoms with Crippen LogP contribution in [0.3, 0.4) is 0 Å². The minimum atomic E-state index is -0.190. The van der Waals surface area contributed by atoms with Crippen LogP contribution in [0, 0.1) is 11.3 Å². The summed E-state index contributed by atoms with van der Waals surface area (Å²) in [6.07, 6.45) is 5.93. The Morgan fingerprint density at radius 1 is 1.32 bits per heavy atom. The minimum absolute atomic E-state index is 0.0698. The highest BCUT2D eigenvalue weighted by molar-refractivity contribution is 7.99. The van der Waals surface area contributed by atoms with Gasteiger partial charge in [0.15, 0.2) is 5.16 Å². The second-order valence-electron chi connectivity index (χ2n) is 7.59. The molecular weight excluding hydrogens is 428 g/mol. The average Bonchev–Trinajstić information content (AvgIpc) is 3.14. The molecule has 6 nitrogen and oxygen atoms in total. The van der Waals surface area contributed by atoms with Gasteiger partial charge in [-0.2, -0.15) is 5.26 Å². The van der Waals surface area contributed by atoms with Crippen molar-refractivity contribution in [2.45, 2.75) is 57.1 Å². The molecule has 2 heterocycles. The summed E-state index contributed by atoms with van der Waals surface area (Å²) in [4.78, 5) is 31.5. The van der Waals surface area contributed by atoms with Crippen LogP contribution in [0.15, 0.2) is 34.2 Å². The smallest absolute Gasteiger partial charge is 0.262 e. The molecule has 1 aliphatic rings. The molecule has 0 atom stereocenters. The number of rotatable bonds is 7. The highest BCUT2D eigenvalue weighted by Gasteiger charge is 2.22. The second kappa shape index (κ2) is 9.67. The number of nitriles is 1. The van der Waals surface area contributed by atoms with Crippen LogP contribution in [0.5, 0.6) is 0 Å². The number of carbonyl (C=O) groups excluding carboxylic acids is 1. The Morgan fingerprint density at radius 3 is 2.94 bits per heavy atom. The van der Waals surface area contributed by atoms with Gasteiger partial charge in [-0.3, -0.25) is 14.2 Å². The number of hydrogen-bond donors (Lipinski definition) is 1. The fraction of sp³-hybridized carbons (Fsp3) is 0.391. The summed E-state index contributed by atoms with van der Waals surface area (Å²) >= 11 is 2.78. The van der Waals surface area contributed by atoms with Gasteiger partial charge < -0.3 is 5.32 Å². The Morgan fingerprint density at radius 2 is 2.13 bits per heavy atom. The van der Waals surface area contributed by atoms with Gasteiger partial charge >= 0.3 is 0 Å². The molecule has 1 aromatic carbocycles. The summed E-state index contributed by atoms with van der Waals surface area (Å²) in [5.41, 5.74) is 2.29. The number of amides is 1. The third-order valence-electron chi connectivity index (χ3n) is 5.43. The summed E-state index contributed by atoms with van der Waals surface area (Å²) in [5, 5.41) is 14.3. The SMILES string of the molecule is CCCCn1c(SCC(=O)Nc2sc3c(c2C#N)CCCC3)nc2ccccc2c1=O. The number of aromatic nitrogens is 2. The summed E-state index contributed by atoms with van der Waals surface area (Å²) < 4.78 is 1.67. The van der Waals surface area contributed by atoms with E-state index < -0.39 is 0 Å². The zero-order valence-electron chi connectivity index (χ0n) is 17.4. The number of nitrogens with zero attached hydrogens (tertiary/aromatic N) is 3. The van der Waals surface area contributed by atoms with Crippen LogP contribution < -0.4 is 10.9 Å². The van der Waals surface area contributed by atoms with Gasteiger partial charge in [0.1, 0.15) is 11.1 Å². The first-order chi connectivity index (χ1) is 15.1. The van der Waals surface area contributed by atoms with E-state index in [1.165, 1.54) is 28.0 Å². The molecule has 0 saturated heterocycles. The van der Waals surface area contributed by atoms with Crippen LogP contribution in [0.4, 0.5) is 5.00 Å². The summed E-state index contributed by atoms with van der Waals surface area (Å²) in [6.45, 7) is 2.65. The van der Waals surface area contributed by atoms with Gasteiger partial charge in [0, 0.05) is 11.4 Å². The standard InChI is InChI=1S/C23H24N4O2S2/c1-2-3-12-27-22(29)16-9-4-6-10-18(16)25-23(27)30-14-20(28)26-21-17(13-24)15-8-5-7-11-19(15)31-21/h4,6,9-10H,2-3,5,7-8,11-12,14H2,1H3,(H,26,28). The fourth-order valence-corrected chi connectivity index (χ4v) is 5.92. The number of para-hydroxylation sites is 1. The highest BCUT2D eigenvalue weighted by atomic mass is 32.2. The summed E-state index contributed by atoms with van der Waals surface area (Å²) in [5.74, 6) is -0.0609. The Bertz CT molecular complexity index is 1220. The topological polar surface area (TPSA) is 87.8 Å². The number of thiophene rings is 1. The number of fused-ring (bicyclic) bond motifs is 2. The first-order valence-electron chi connectivity index (χ1n) is 10.6. The predicted octanol–water partition coefficient (Wildman–Crippen LogP) is 4.74. The normalized spacial score (nSPS) is 13.0. The number of carbonyl (C=O) groups is 1. The molecule has 31 heavy (non-hydrogen) atoms. The van der Waals surface area contributed by atoms with E-state index in [9.17, 15) is 14.9 Å². The lowest BCUT2D eigenvalue weighted by atomic mass is 9.96. The van der Waals surface area contributed by atoms with Gasteiger partial charge in [-0.05, 0) is 49.8 Å². The van der Waals surface area contributed by atoms with Gasteiger partial charge in [-0.1, -0.05) is 37.2 Å². The van der Waals surface area contributed by atoms with E-state index in [-0.39, 0.29) is 17.2 Å². The molecule has 3 aromatic rings. The highest BCUT2D eigenvalue weighted by Crippen LogP contribution is 2.37. The van der Waals surface area contributed by atoms with Crippen LogP contribution in [0.25, 0.3) is 10.9 Å². The lowest BCUT2D eigenvalue weighted by molar-refractivity contribution is -0.113. The number of nitrogens with one attached hydrogen (secondary N) is 1. The molecule has 0 aliphatic heterocycles. The molecule has 1 N–H and O–H groups in total. The number of aryl methyl sites for hydroxylation is 1. The molecule has 0 bridgehead atoms. The predicted molar refractivity (Wildman–Crippen MR) is 126 cm³/mol. The van der Waals surface area contributed by atoms with Crippen molar-refractivity contribution in [2.75, 3.05) is 11.1 Å². The fourth-order valence-electron chi connectivity index (χ4n) is 3.84. The van der Waals surface area contributed by atoms with E-state index in [0.717, 1.165) is 44.1 Å². The van der Waals surface area contributed by atoms with Crippen molar-refractivity contribution in [3.05, 3.63) is 50.6 Å². The maximum atomic E-state index is 13.0. The minimum Gasteiger partial charge on any atom is -0.316 e. The van der Waals surface area contributed by atoms with Gasteiger partial charge in [-0.25, -0.2) is 4.98 Å². The number of benzene rings is 1. The third kappa shape index (κ3) is 4.53. The largest absolute Gasteiger partial charge is 0.316 e. The van der Waals surface area contributed by atoms with Crippen LogP contribution in [-0.4, -0.2) is 21.2 Å². The molecule has 0 radical (unpaired) electrons. The Labute approximate surface area is 189 Å². The number of thioether (sulfide) groups is 1. The summed E-state index contributed by atoms with van der Waals surface area (Å²) in [6, 6.07) is 9.57. The third-order valence-corrected chi connectivity index (χ3v) is 7.61. The van der Waals surface area contributed by atoms with E-state index in [2.05, 4.69) is 23.3 Å². The molecule has 1 aliphatic carbocycles. The first-order valence-corrected chi connectivity index (χ1v) is 12.4. The van der Waals surface area contributed by atoms with Crippen molar-refractivity contribution in [3.63, 3.8) is 0 Å². The van der Waals surface area contributed by atoms with Crippen molar-refractivity contribution in [3.8, 4) is 6.07 Å². The van der Waals surface area contributed by atoms with Crippen molar-refractivity contribution in [2.24, 2.45) is 0 Å². The number of anilines is 1. The van der Waals surface area contributed by atoms with Crippen LogP contribution >= 0.6 is 23.1 Å². The molecule has 0 saturated carbocycles. The lowest BCUT2D eigenvalue weighted by Crippen LogP contribution is -2.24. The molecule has 4 rings (SSSR count). The molecule has 2 aromatic heterocycles. The van der Waals surface area contributed by atoms with E-state index >= 15 is 0 Å². The van der Waals surface area contributed by atoms with Gasteiger partial charge in [0.05, 0.1) is 22.2 Å². The van der Waals surface area contributed by atoms with Gasteiger partial charge in [0.25, 0.3) is 5.56 Å². The van der Waals surface area contributed by atoms with Gasteiger partial charge in [0.2, 0.25) is 5.91 Å². The zero-order valence-corrected chi connectivity index (χ0v) is 19.1. The average molecular weight is 453 g/mol. The van der Waals surface area contributed by atoms with Gasteiger partial charge in [-0.15, -0.1) is 11.3 Å². The van der Waals surface area contributed by atoms with Crippen molar-refractivity contribution < 1.29 is 4.79 Å². The van der Waals surface area contributed by atoms with Crippen molar-refractivity contribution in [1.82, 2.24) is 9.55 Å². The van der Waals surface area contributed by atoms with E-state index in [1.807, 2.05) is 18.2 Å². The first kappa shape index (κ1) is 21.6. The summed E-state index contributed by atoms with van der Waals surface area (Å²) in [7, 11) is 0. The molecule has 1 amide bonds. The zero-order chi connectivity index (χ0) is 21.8. The number of unbranched alkanes of at least 4 members (excludes halogenated alkanes) is 1. The quantitative estimate of drug-likeness (QED) is 0.413. The van der Waals surface area contributed by atoms with E-state index in [1.54, 1.807) is 10.6 Å². The molecule has 8 heteroatoms. The molecule has 0 spiro atoms. The van der Waals surface area contributed by atoms with Crippen molar-refractivity contribution in [1.29, 1.82) is 5.26 Å². The van der Waals surface area contributed by atoms with Crippen LogP contribution in [0.2, 0.25) is 0 Å². The van der Waals surface area contributed by atoms with Crippen LogP contribution in [-0.2, 0) is 24.2 Å². The maximum Gasteiger partial charge on any atom is 0.262 e. The Kier molecular flexibility index (Phi) is 6.73. The van der Waals surface area contributed by atoms with E-state index in [0.29, 0.717) is 33.2 Å². The molecule has 0 unspecified atom stereocenters. The lowest BCUT2D eigenvalue weighted by Gasteiger charge is -2.12. The monoisotopic (exact) mass is 452 g/mol. The Hall–Kier alpha value is -2.63. The van der Waals surface area contributed by atoms with E-state index in [4.69, 9.17) is 0 Å². The molecule has 0 fully saturated rings. The van der Waals surface area contributed by atoms with Crippen LogP contribution in [0.1, 0.15) is 48.6 Å². The molecule has 160 valence electrons. The maximum absolute atomic E-state index is 13.0. The molecular formula is C23H24N4O2S2. The second-order valence-corrected chi connectivity index (χ2v) is 9.63. The number of hydrogen-bond acceptors (Lipinski definition) is 6.